The molecule has 152 valence electrons. The van der Waals surface area contributed by atoms with E-state index in [1.807, 2.05) is 30.3 Å². The fraction of sp³-hybridized carbons (Fsp3) is 0.240. The van der Waals surface area contributed by atoms with Gasteiger partial charge in [-0.1, -0.05) is 30.3 Å². The normalized spacial score (nSPS) is 17.0. The molecular formula is C25H23NO4. The second kappa shape index (κ2) is 7.84. The number of furan rings is 1. The van der Waals surface area contributed by atoms with E-state index >= 15 is 0 Å². The smallest absolute Gasteiger partial charge is 0.309 e. The van der Waals surface area contributed by atoms with Crippen LogP contribution in [0.3, 0.4) is 0 Å². The lowest BCUT2D eigenvalue weighted by Crippen LogP contribution is -2.49. The van der Waals surface area contributed by atoms with Crippen LogP contribution >= 0.6 is 0 Å². The second-order valence-corrected chi connectivity index (χ2v) is 7.92. The number of carboxylic acid groups (broad SMARTS) is 1. The lowest BCUT2D eigenvalue weighted by Gasteiger charge is -2.36. The molecule has 0 amide bonds. The van der Waals surface area contributed by atoms with Crippen LogP contribution in [0.2, 0.25) is 0 Å². The summed E-state index contributed by atoms with van der Waals surface area (Å²) in [4.78, 5) is 13.1. The van der Waals surface area contributed by atoms with Crippen molar-refractivity contribution in [3.8, 4) is 17.1 Å². The molecule has 30 heavy (non-hydrogen) atoms. The zero-order chi connectivity index (χ0) is 20.5. The molecule has 0 saturated carbocycles. The minimum Gasteiger partial charge on any atom is -0.481 e. The Balaban J connectivity index is 1.28. The first kappa shape index (κ1) is 18.7. The van der Waals surface area contributed by atoms with Gasteiger partial charge in [0.2, 0.25) is 0 Å². The number of fused-ring (bicyclic) bond motifs is 1. The number of nitrogens with zero attached hydrogens (tertiary/aromatic N) is 1. The van der Waals surface area contributed by atoms with Crippen LogP contribution in [0.25, 0.3) is 22.3 Å². The summed E-state index contributed by atoms with van der Waals surface area (Å²) in [6, 6.07) is 16.2. The van der Waals surface area contributed by atoms with Crippen molar-refractivity contribution in [3.63, 3.8) is 0 Å². The summed E-state index contributed by atoms with van der Waals surface area (Å²) in [6.45, 7) is 2.02. The van der Waals surface area contributed by atoms with E-state index in [1.165, 1.54) is 5.56 Å². The molecule has 5 nitrogen and oxygen atoms in total. The van der Waals surface area contributed by atoms with Gasteiger partial charge in [-0.25, -0.2) is 0 Å². The SMILES string of the molecule is O=C(O)C1CN(Cc2ccc(-c3cc4cc(OC5=CCCC=C5)ccc4o3)cc2)C1. The van der Waals surface area contributed by atoms with Crippen molar-refractivity contribution in [2.75, 3.05) is 13.1 Å². The Labute approximate surface area is 174 Å². The minimum absolute atomic E-state index is 0.223. The van der Waals surface area contributed by atoms with Crippen LogP contribution in [0.4, 0.5) is 0 Å². The molecular weight excluding hydrogens is 378 g/mol. The molecule has 0 atom stereocenters. The molecule has 3 aromatic rings. The fourth-order valence-electron chi connectivity index (χ4n) is 3.92. The molecule has 0 bridgehead atoms. The van der Waals surface area contributed by atoms with Gasteiger partial charge in [0.25, 0.3) is 0 Å². The molecule has 5 rings (SSSR count). The van der Waals surface area contributed by atoms with E-state index in [2.05, 4.69) is 41.3 Å². The van der Waals surface area contributed by atoms with Gasteiger partial charge in [0.05, 0.1) is 5.92 Å². The maximum atomic E-state index is 10.9. The Bertz CT molecular complexity index is 1130. The molecule has 5 heteroatoms. The lowest BCUT2D eigenvalue weighted by atomic mass is 9.99. The first-order chi connectivity index (χ1) is 14.6. The summed E-state index contributed by atoms with van der Waals surface area (Å²) in [5.41, 5.74) is 3.01. The number of hydrogen-bond acceptors (Lipinski definition) is 4. The topological polar surface area (TPSA) is 62.9 Å². The van der Waals surface area contributed by atoms with Gasteiger partial charge < -0.3 is 14.3 Å². The van der Waals surface area contributed by atoms with Crippen LogP contribution in [-0.4, -0.2) is 29.1 Å². The molecule has 0 unspecified atom stereocenters. The van der Waals surface area contributed by atoms with E-state index in [9.17, 15) is 4.79 Å². The number of ether oxygens (including phenoxy) is 1. The Morgan fingerprint density at radius 1 is 1.10 bits per heavy atom. The fourth-order valence-corrected chi connectivity index (χ4v) is 3.92. The van der Waals surface area contributed by atoms with Gasteiger partial charge in [0, 0.05) is 30.6 Å². The number of allylic oxidation sites excluding steroid dienone is 3. The van der Waals surface area contributed by atoms with E-state index in [1.54, 1.807) is 0 Å². The Morgan fingerprint density at radius 3 is 2.67 bits per heavy atom. The predicted octanol–water partition coefficient (Wildman–Crippen LogP) is 5.23. The number of hydrogen-bond donors (Lipinski definition) is 1. The van der Waals surface area contributed by atoms with Crippen molar-refractivity contribution in [1.82, 2.24) is 4.90 Å². The average molecular weight is 401 g/mol. The number of benzene rings is 2. The highest BCUT2D eigenvalue weighted by Crippen LogP contribution is 2.31. The zero-order valence-electron chi connectivity index (χ0n) is 16.6. The predicted molar refractivity (Wildman–Crippen MR) is 115 cm³/mol. The molecule has 0 spiro atoms. The molecule has 2 aromatic carbocycles. The first-order valence-electron chi connectivity index (χ1n) is 10.3. The zero-order valence-corrected chi connectivity index (χ0v) is 16.6. The average Bonchev–Trinajstić information content (AvgIpc) is 3.15. The summed E-state index contributed by atoms with van der Waals surface area (Å²) >= 11 is 0. The monoisotopic (exact) mass is 401 g/mol. The van der Waals surface area contributed by atoms with Crippen LogP contribution in [-0.2, 0) is 11.3 Å². The number of likely N-dealkylation sites (tertiary alicyclic amines) is 1. The number of carbonyl (C=O) groups is 1. The Kier molecular flexibility index (Phi) is 4.89. The highest BCUT2D eigenvalue weighted by molar-refractivity contribution is 5.84. The van der Waals surface area contributed by atoms with Crippen molar-refractivity contribution in [3.05, 3.63) is 78.1 Å². The third kappa shape index (κ3) is 3.89. The largest absolute Gasteiger partial charge is 0.481 e. The molecule has 0 radical (unpaired) electrons. The first-order valence-corrected chi connectivity index (χ1v) is 10.3. The maximum Gasteiger partial charge on any atom is 0.309 e. The third-order valence-electron chi connectivity index (χ3n) is 5.64. The van der Waals surface area contributed by atoms with E-state index in [-0.39, 0.29) is 5.92 Å². The molecule has 1 N–H and O–H groups in total. The number of aliphatic carboxylic acids is 1. The van der Waals surface area contributed by atoms with Crippen LogP contribution in [0.5, 0.6) is 5.75 Å². The Hall–Kier alpha value is -3.31. The van der Waals surface area contributed by atoms with Gasteiger partial charge in [-0.15, -0.1) is 0 Å². The van der Waals surface area contributed by atoms with E-state index in [0.717, 1.165) is 53.2 Å². The van der Waals surface area contributed by atoms with Crippen molar-refractivity contribution in [2.45, 2.75) is 19.4 Å². The summed E-state index contributed by atoms with van der Waals surface area (Å²) < 4.78 is 12.0. The molecule has 1 aliphatic heterocycles. The lowest BCUT2D eigenvalue weighted by molar-refractivity contribution is -0.147. The van der Waals surface area contributed by atoms with Crippen LogP contribution in [0.15, 0.2) is 76.9 Å². The molecule has 1 aromatic heterocycles. The van der Waals surface area contributed by atoms with Gasteiger partial charge in [-0.05, 0) is 54.8 Å². The van der Waals surface area contributed by atoms with Gasteiger partial charge in [-0.2, -0.15) is 0 Å². The van der Waals surface area contributed by atoms with Gasteiger partial charge in [0.15, 0.2) is 0 Å². The van der Waals surface area contributed by atoms with E-state index in [4.69, 9.17) is 14.3 Å². The molecule has 2 heterocycles. The van der Waals surface area contributed by atoms with E-state index < -0.39 is 5.97 Å². The van der Waals surface area contributed by atoms with Crippen LogP contribution < -0.4 is 4.74 Å². The molecule has 1 saturated heterocycles. The summed E-state index contributed by atoms with van der Waals surface area (Å²) in [6.07, 6.45) is 8.32. The third-order valence-corrected chi connectivity index (χ3v) is 5.64. The molecule has 1 fully saturated rings. The van der Waals surface area contributed by atoms with Crippen LogP contribution in [0, 0.1) is 5.92 Å². The maximum absolute atomic E-state index is 10.9. The minimum atomic E-state index is -0.702. The van der Waals surface area contributed by atoms with Gasteiger partial charge in [0.1, 0.15) is 22.9 Å². The van der Waals surface area contributed by atoms with Gasteiger partial charge >= 0.3 is 5.97 Å². The highest BCUT2D eigenvalue weighted by Gasteiger charge is 2.32. The summed E-state index contributed by atoms with van der Waals surface area (Å²) in [5, 5.41) is 9.99. The quantitative estimate of drug-likeness (QED) is 0.613. The van der Waals surface area contributed by atoms with E-state index in [0.29, 0.717) is 13.1 Å². The summed E-state index contributed by atoms with van der Waals surface area (Å²) in [5.74, 6) is 1.58. The van der Waals surface area contributed by atoms with Gasteiger partial charge in [-0.3, -0.25) is 9.69 Å². The van der Waals surface area contributed by atoms with Crippen molar-refractivity contribution < 1.29 is 19.1 Å². The van der Waals surface area contributed by atoms with Crippen LogP contribution in [0.1, 0.15) is 18.4 Å². The Morgan fingerprint density at radius 2 is 1.93 bits per heavy atom. The summed E-state index contributed by atoms with van der Waals surface area (Å²) in [7, 11) is 0. The van der Waals surface area contributed by atoms with Crippen molar-refractivity contribution in [1.29, 1.82) is 0 Å². The standard InChI is InChI=1S/C25H23NO4/c27-25(28)20-15-26(16-20)14-17-6-8-18(9-7-17)24-13-19-12-22(10-11-23(19)30-24)29-21-4-2-1-3-5-21/h2,4-13,20H,1,3,14-16H2,(H,27,28). The van der Waals surface area contributed by atoms with Crippen molar-refractivity contribution in [2.24, 2.45) is 5.92 Å². The molecule has 2 aliphatic rings. The highest BCUT2D eigenvalue weighted by atomic mass is 16.5. The number of carboxylic acids is 1. The van der Waals surface area contributed by atoms with Crippen molar-refractivity contribution >= 4 is 16.9 Å². The molecule has 1 aliphatic carbocycles. The second-order valence-electron chi connectivity index (χ2n) is 7.92. The number of rotatable bonds is 6.